The highest BCUT2D eigenvalue weighted by Gasteiger charge is 2.25. The van der Waals surface area contributed by atoms with Gasteiger partial charge in [0.1, 0.15) is 0 Å². The van der Waals surface area contributed by atoms with Gasteiger partial charge in [-0.25, -0.2) is 8.42 Å². The van der Waals surface area contributed by atoms with Crippen molar-refractivity contribution in [3.05, 3.63) is 35.4 Å². The fourth-order valence-corrected chi connectivity index (χ4v) is 5.06. The molecule has 0 amide bonds. The molecule has 7 nitrogen and oxygen atoms in total. The summed E-state index contributed by atoms with van der Waals surface area (Å²) in [4.78, 5) is 4.32. The molecule has 1 aliphatic heterocycles. The lowest BCUT2D eigenvalue weighted by Gasteiger charge is -2.26. The second kappa shape index (κ2) is 14.3. The van der Waals surface area contributed by atoms with E-state index in [0.29, 0.717) is 38.9 Å². The van der Waals surface area contributed by atoms with E-state index in [4.69, 9.17) is 4.74 Å². The molecule has 0 saturated carbocycles. The average molecular weight is 567 g/mol. The number of nitrogens with zero attached hydrogens (tertiary/aromatic N) is 2. The number of hydrogen-bond donors (Lipinski definition) is 2. The fraction of sp³-hybridized carbons (Fsp3) is 0.682. The molecular weight excluding hydrogens is 527 g/mol. The SMILES string of the molecule is CN=C(NCc1ccccc1CS(=O)(=O)N1CCOCC1)NC(C)CCCC(C)C.I. The minimum absolute atomic E-state index is 0. The Morgan fingerprint density at radius 3 is 2.39 bits per heavy atom. The maximum absolute atomic E-state index is 12.8. The largest absolute Gasteiger partial charge is 0.379 e. The third-order valence-corrected chi connectivity index (χ3v) is 7.12. The molecule has 1 heterocycles. The van der Waals surface area contributed by atoms with E-state index in [9.17, 15) is 8.42 Å². The van der Waals surface area contributed by atoms with Crippen LogP contribution in [0.4, 0.5) is 0 Å². The molecular formula is C22H39IN4O3S. The van der Waals surface area contributed by atoms with Gasteiger partial charge in [-0.1, -0.05) is 51.0 Å². The van der Waals surface area contributed by atoms with Crippen LogP contribution in [-0.4, -0.2) is 58.1 Å². The molecule has 9 heteroatoms. The number of aliphatic imine (C=N–C) groups is 1. The highest BCUT2D eigenvalue weighted by Crippen LogP contribution is 2.16. The van der Waals surface area contributed by atoms with E-state index in [1.165, 1.54) is 17.1 Å². The van der Waals surface area contributed by atoms with Gasteiger partial charge in [0.2, 0.25) is 10.0 Å². The fourth-order valence-electron chi connectivity index (χ4n) is 3.49. The first kappa shape index (κ1) is 28.1. The first-order chi connectivity index (χ1) is 14.3. The number of sulfonamides is 1. The Labute approximate surface area is 205 Å². The summed E-state index contributed by atoms with van der Waals surface area (Å²) in [5.41, 5.74) is 1.78. The van der Waals surface area contributed by atoms with Gasteiger partial charge in [-0.3, -0.25) is 4.99 Å². The third-order valence-electron chi connectivity index (χ3n) is 5.29. The molecule has 2 N–H and O–H groups in total. The van der Waals surface area contributed by atoms with Crippen LogP contribution in [0.1, 0.15) is 51.2 Å². The molecule has 31 heavy (non-hydrogen) atoms. The molecule has 0 bridgehead atoms. The van der Waals surface area contributed by atoms with Gasteiger partial charge in [0.25, 0.3) is 0 Å². The normalized spacial score (nSPS) is 16.6. The van der Waals surface area contributed by atoms with Crippen LogP contribution in [0.3, 0.4) is 0 Å². The molecule has 1 aromatic rings. The number of nitrogens with one attached hydrogen (secondary N) is 2. The minimum atomic E-state index is -3.36. The monoisotopic (exact) mass is 566 g/mol. The molecule has 0 aliphatic carbocycles. The van der Waals surface area contributed by atoms with Crippen molar-refractivity contribution < 1.29 is 13.2 Å². The number of hydrogen-bond acceptors (Lipinski definition) is 4. The topological polar surface area (TPSA) is 83.0 Å². The zero-order chi connectivity index (χ0) is 22.0. The van der Waals surface area contributed by atoms with Crippen molar-refractivity contribution in [3.8, 4) is 0 Å². The van der Waals surface area contributed by atoms with Crippen molar-refractivity contribution in [2.24, 2.45) is 10.9 Å². The summed E-state index contributed by atoms with van der Waals surface area (Å²) in [5, 5.41) is 6.76. The third kappa shape index (κ3) is 10.0. The Hall–Kier alpha value is -0.910. The van der Waals surface area contributed by atoms with Crippen LogP contribution >= 0.6 is 24.0 Å². The Kier molecular flexibility index (Phi) is 13.0. The maximum Gasteiger partial charge on any atom is 0.218 e. The standard InChI is InChI=1S/C22H38N4O3S.HI/c1-18(2)8-7-9-19(3)25-22(23-4)24-16-20-10-5-6-11-21(20)17-30(27,28)26-12-14-29-15-13-26;/h5-6,10-11,18-19H,7-9,12-17H2,1-4H3,(H2,23,24,25);1H. The Balaban J connectivity index is 0.00000480. The predicted octanol–water partition coefficient (Wildman–Crippen LogP) is 3.35. The Morgan fingerprint density at radius 1 is 1.13 bits per heavy atom. The molecule has 0 aromatic heterocycles. The molecule has 178 valence electrons. The first-order valence-electron chi connectivity index (χ1n) is 10.9. The van der Waals surface area contributed by atoms with E-state index in [1.807, 2.05) is 24.3 Å². The van der Waals surface area contributed by atoms with Gasteiger partial charge >= 0.3 is 0 Å². The first-order valence-corrected chi connectivity index (χ1v) is 12.5. The van der Waals surface area contributed by atoms with Crippen molar-refractivity contribution in [2.45, 2.75) is 58.4 Å². The second-order valence-corrected chi connectivity index (χ2v) is 10.3. The summed E-state index contributed by atoms with van der Waals surface area (Å²) in [6.07, 6.45) is 3.50. The van der Waals surface area contributed by atoms with Crippen molar-refractivity contribution in [1.82, 2.24) is 14.9 Å². The summed E-state index contributed by atoms with van der Waals surface area (Å²) >= 11 is 0. The van der Waals surface area contributed by atoms with E-state index in [-0.39, 0.29) is 29.7 Å². The van der Waals surface area contributed by atoms with Crippen molar-refractivity contribution in [2.75, 3.05) is 33.4 Å². The van der Waals surface area contributed by atoms with Crippen LogP contribution in [-0.2, 0) is 27.1 Å². The maximum atomic E-state index is 12.8. The highest BCUT2D eigenvalue weighted by atomic mass is 127. The predicted molar refractivity (Wildman–Crippen MR) is 138 cm³/mol. The smallest absolute Gasteiger partial charge is 0.218 e. The van der Waals surface area contributed by atoms with E-state index in [2.05, 4.69) is 36.4 Å². The molecule has 2 rings (SSSR count). The molecule has 0 spiro atoms. The molecule has 1 atom stereocenters. The Bertz CT molecular complexity index is 781. The number of guanidine groups is 1. The summed E-state index contributed by atoms with van der Waals surface area (Å²) in [7, 11) is -1.60. The summed E-state index contributed by atoms with van der Waals surface area (Å²) < 4.78 is 32.4. The van der Waals surface area contributed by atoms with E-state index >= 15 is 0 Å². The van der Waals surface area contributed by atoms with Crippen LogP contribution in [0.2, 0.25) is 0 Å². The van der Waals surface area contributed by atoms with Crippen LogP contribution in [0.25, 0.3) is 0 Å². The van der Waals surface area contributed by atoms with Gasteiger partial charge in [-0.2, -0.15) is 4.31 Å². The second-order valence-electron chi connectivity index (χ2n) is 8.33. The molecule has 1 unspecified atom stereocenters. The van der Waals surface area contributed by atoms with Crippen LogP contribution in [0.5, 0.6) is 0 Å². The van der Waals surface area contributed by atoms with E-state index in [0.717, 1.165) is 29.4 Å². The Morgan fingerprint density at radius 2 is 1.77 bits per heavy atom. The van der Waals surface area contributed by atoms with Crippen molar-refractivity contribution >= 4 is 40.0 Å². The number of benzene rings is 1. The summed E-state index contributed by atoms with van der Waals surface area (Å²) in [6, 6.07) is 8.01. The van der Waals surface area contributed by atoms with E-state index < -0.39 is 10.0 Å². The molecule has 1 saturated heterocycles. The van der Waals surface area contributed by atoms with Gasteiger partial charge in [0.15, 0.2) is 5.96 Å². The number of rotatable bonds is 10. The highest BCUT2D eigenvalue weighted by molar-refractivity contribution is 14.0. The lowest BCUT2D eigenvalue weighted by Crippen LogP contribution is -2.42. The van der Waals surface area contributed by atoms with Gasteiger partial charge in [0.05, 0.1) is 19.0 Å². The summed E-state index contributed by atoms with van der Waals surface area (Å²) in [5.74, 6) is 1.46. The molecule has 1 fully saturated rings. The summed E-state index contributed by atoms with van der Waals surface area (Å²) in [6.45, 7) is 8.94. The molecule has 1 aromatic carbocycles. The number of morpholine rings is 1. The lowest BCUT2D eigenvalue weighted by molar-refractivity contribution is 0.0729. The van der Waals surface area contributed by atoms with Crippen LogP contribution < -0.4 is 10.6 Å². The zero-order valence-electron chi connectivity index (χ0n) is 19.3. The van der Waals surface area contributed by atoms with Crippen LogP contribution in [0, 0.1) is 5.92 Å². The average Bonchev–Trinajstić information content (AvgIpc) is 2.72. The number of ether oxygens (including phenoxy) is 1. The zero-order valence-corrected chi connectivity index (χ0v) is 22.4. The van der Waals surface area contributed by atoms with Crippen LogP contribution in [0.15, 0.2) is 29.3 Å². The van der Waals surface area contributed by atoms with Crippen molar-refractivity contribution in [3.63, 3.8) is 0 Å². The van der Waals surface area contributed by atoms with Gasteiger partial charge in [-0.05, 0) is 30.4 Å². The van der Waals surface area contributed by atoms with Gasteiger partial charge in [-0.15, -0.1) is 24.0 Å². The number of halogens is 1. The van der Waals surface area contributed by atoms with Gasteiger partial charge in [0, 0.05) is 32.7 Å². The van der Waals surface area contributed by atoms with Gasteiger partial charge < -0.3 is 15.4 Å². The lowest BCUT2D eigenvalue weighted by atomic mass is 10.0. The molecule has 1 aliphatic rings. The van der Waals surface area contributed by atoms with E-state index in [1.54, 1.807) is 7.05 Å². The molecule has 0 radical (unpaired) electrons. The minimum Gasteiger partial charge on any atom is -0.379 e. The quantitative estimate of drug-likeness (QED) is 0.258. The van der Waals surface area contributed by atoms with Crippen molar-refractivity contribution in [1.29, 1.82) is 0 Å².